The second-order valence-electron chi connectivity index (χ2n) is 7.45. The average molecular weight is 418 g/mol. The number of methoxy groups -OCH3 is 1. The summed E-state index contributed by atoms with van der Waals surface area (Å²) in [5, 5.41) is 10.7. The molecule has 1 N–H and O–H groups in total. The molecule has 6 nitrogen and oxygen atoms in total. The molecule has 0 radical (unpaired) electrons. The molecule has 0 fully saturated rings. The molecule has 1 aromatic heterocycles. The van der Waals surface area contributed by atoms with Crippen LogP contribution in [0.3, 0.4) is 0 Å². The number of nitrogens with zero attached hydrogens (tertiary/aromatic N) is 2. The van der Waals surface area contributed by atoms with Gasteiger partial charge in [0.1, 0.15) is 0 Å². The first-order valence-corrected chi connectivity index (χ1v) is 10.4. The number of hydrogen-bond acceptors (Lipinski definition) is 5. The van der Waals surface area contributed by atoms with Crippen LogP contribution in [0.4, 0.5) is 0 Å². The van der Waals surface area contributed by atoms with Crippen molar-refractivity contribution in [1.82, 2.24) is 9.88 Å². The number of carboxylic acid groups (broad SMARTS) is 1. The molecule has 1 aliphatic rings. The smallest absolute Gasteiger partial charge is 0.336 e. The molecule has 0 amide bonds. The standard InChI is InChI=1S/C25H26N2O4/c1-4-27-14-17(12-16-10-11-21(31-5-2)22(13-16)30-3)24-19(15-27)23(25(28)29)18-8-6-7-9-20(18)26-24/h6-13H,4-5,14-15H2,1-3H3,(H,28,29). The molecular formula is C25H26N2O4. The highest BCUT2D eigenvalue weighted by atomic mass is 16.5. The van der Waals surface area contributed by atoms with Gasteiger partial charge in [-0.15, -0.1) is 0 Å². The molecule has 3 aromatic rings. The largest absolute Gasteiger partial charge is 0.493 e. The summed E-state index contributed by atoms with van der Waals surface area (Å²) in [4.78, 5) is 19.3. The van der Waals surface area contributed by atoms with Crippen LogP contribution < -0.4 is 9.47 Å². The highest BCUT2D eigenvalue weighted by Crippen LogP contribution is 2.35. The van der Waals surface area contributed by atoms with Crippen LogP contribution in [0.5, 0.6) is 11.5 Å². The van der Waals surface area contributed by atoms with Gasteiger partial charge in [0.05, 0.1) is 30.5 Å². The molecule has 0 aliphatic carbocycles. The maximum atomic E-state index is 12.2. The van der Waals surface area contributed by atoms with Crippen LogP contribution in [-0.4, -0.2) is 47.8 Å². The van der Waals surface area contributed by atoms with Gasteiger partial charge in [-0.1, -0.05) is 31.2 Å². The van der Waals surface area contributed by atoms with E-state index < -0.39 is 5.97 Å². The van der Waals surface area contributed by atoms with Crippen LogP contribution in [0, 0.1) is 0 Å². The van der Waals surface area contributed by atoms with Crippen LogP contribution in [-0.2, 0) is 6.54 Å². The first-order chi connectivity index (χ1) is 15.0. The Morgan fingerprint density at radius 3 is 2.68 bits per heavy atom. The molecule has 0 bridgehead atoms. The third-order valence-corrected chi connectivity index (χ3v) is 5.56. The Bertz CT molecular complexity index is 1170. The summed E-state index contributed by atoms with van der Waals surface area (Å²) in [6, 6.07) is 13.2. The second kappa shape index (κ2) is 8.78. The van der Waals surface area contributed by atoms with Gasteiger partial charge in [0, 0.05) is 24.0 Å². The van der Waals surface area contributed by atoms with E-state index in [9.17, 15) is 9.90 Å². The maximum absolute atomic E-state index is 12.2. The van der Waals surface area contributed by atoms with E-state index in [-0.39, 0.29) is 0 Å². The Morgan fingerprint density at radius 1 is 1.16 bits per heavy atom. The highest BCUT2D eigenvalue weighted by Gasteiger charge is 2.28. The molecular weight excluding hydrogens is 392 g/mol. The number of para-hydroxylation sites is 1. The molecule has 0 spiro atoms. The molecule has 0 unspecified atom stereocenters. The Morgan fingerprint density at radius 2 is 1.97 bits per heavy atom. The number of benzene rings is 2. The van der Waals surface area contributed by atoms with Gasteiger partial charge in [0.25, 0.3) is 0 Å². The summed E-state index contributed by atoms with van der Waals surface area (Å²) in [5.41, 5.74) is 4.50. The average Bonchev–Trinajstić information content (AvgIpc) is 2.78. The second-order valence-corrected chi connectivity index (χ2v) is 7.45. The van der Waals surface area contributed by atoms with Crippen molar-refractivity contribution in [3.8, 4) is 11.5 Å². The zero-order chi connectivity index (χ0) is 22.0. The summed E-state index contributed by atoms with van der Waals surface area (Å²) in [6.45, 7) is 6.65. The van der Waals surface area contributed by atoms with Gasteiger partial charge in [-0.05, 0) is 48.9 Å². The van der Waals surface area contributed by atoms with E-state index in [2.05, 4.69) is 17.9 Å². The lowest BCUT2D eigenvalue weighted by atomic mass is 9.92. The fraction of sp³-hybridized carbons (Fsp3) is 0.280. The Hall–Kier alpha value is -3.38. The maximum Gasteiger partial charge on any atom is 0.336 e. The number of fused-ring (bicyclic) bond motifs is 2. The summed E-state index contributed by atoms with van der Waals surface area (Å²) >= 11 is 0. The van der Waals surface area contributed by atoms with Crippen molar-refractivity contribution in [3.05, 3.63) is 64.8 Å². The lowest BCUT2D eigenvalue weighted by Gasteiger charge is -2.30. The zero-order valence-electron chi connectivity index (χ0n) is 18.0. The number of hydrogen-bond donors (Lipinski definition) is 1. The van der Waals surface area contributed by atoms with E-state index in [1.165, 1.54) is 0 Å². The van der Waals surface area contributed by atoms with Gasteiger partial charge in [0.2, 0.25) is 0 Å². The number of carbonyl (C=O) groups is 1. The van der Waals surface area contributed by atoms with E-state index in [0.717, 1.165) is 28.9 Å². The third-order valence-electron chi connectivity index (χ3n) is 5.56. The predicted octanol–water partition coefficient (Wildman–Crippen LogP) is 4.72. The number of likely N-dealkylation sites (N-methyl/N-ethyl adjacent to an activating group) is 1. The van der Waals surface area contributed by atoms with Crippen LogP contribution in [0.2, 0.25) is 0 Å². The van der Waals surface area contributed by atoms with Gasteiger partial charge in [0.15, 0.2) is 11.5 Å². The predicted molar refractivity (Wildman–Crippen MR) is 122 cm³/mol. The number of carboxylic acids is 1. The van der Waals surface area contributed by atoms with Crippen molar-refractivity contribution in [2.75, 3.05) is 26.8 Å². The van der Waals surface area contributed by atoms with Crippen LogP contribution in [0.1, 0.15) is 41.0 Å². The minimum absolute atomic E-state index is 0.342. The molecule has 2 aromatic carbocycles. The first kappa shape index (κ1) is 20.9. The van der Waals surface area contributed by atoms with Gasteiger partial charge in [-0.3, -0.25) is 4.90 Å². The Balaban J connectivity index is 1.90. The lowest BCUT2D eigenvalue weighted by Crippen LogP contribution is -2.31. The number of aromatic nitrogens is 1. The minimum Gasteiger partial charge on any atom is -0.493 e. The van der Waals surface area contributed by atoms with E-state index >= 15 is 0 Å². The van der Waals surface area contributed by atoms with E-state index in [0.29, 0.717) is 47.7 Å². The number of rotatable bonds is 6. The van der Waals surface area contributed by atoms with Crippen molar-refractivity contribution in [3.63, 3.8) is 0 Å². The summed E-state index contributed by atoms with van der Waals surface area (Å²) in [6.07, 6.45) is 2.06. The van der Waals surface area contributed by atoms with Crippen molar-refractivity contribution >= 4 is 28.5 Å². The number of ether oxygens (including phenoxy) is 2. The summed E-state index contributed by atoms with van der Waals surface area (Å²) in [7, 11) is 1.62. The van der Waals surface area contributed by atoms with Gasteiger partial charge in [-0.2, -0.15) is 0 Å². The molecule has 2 heterocycles. The van der Waals surface area contributed by atoms with Crippen LogP contribution in [0.25, 0.3) is 22.6 Å². The van der Waals surface area contributed by atoms with Crippen LogP contribution >= 0.6 is 0 Å². The lowest BCUT2D eigenvalue weighted by molar-refractivity contribution is 0.0696. The molecule has 1 aliphatic heterocycles. The molecule has 31 heavy (non-hydrogen) atoms. The zero-order valence-corrected chi connectivity index (χ0v) is 18.0. The molecule has 0 saturated heterocycles. The van der Waals surface area contributed by atoms with Gasteiger partial charge in [-0.25, -0.2) is 9.78 Å². The van der Waals surface area contributed by atoms with Gasteiger partial charge < -0.3 is 14.6 Å². The summed E-state index contributed by atoms with van der Waals surface area (Å²) in [5.74, 6) is 0.441. The fourth-order valence-electron chi connectivity index (χ4n) is 4.10. The van der Waals surface area contributed by atoms with Crippen molar-refractivity contribution in [1.29, 1.82) is 0 Å². The highest BCUT2D eigenvalue weighted by molar-refractivity contribution is 6.06. The summed E-state index contributed by atoms with van der Waals surface area (Å²) < 4.78 is 11.1. The number of pyridine rings is 1. The minimum atomic E-state index is -0.921. The fourth-order valence-corrected chi connectivity index (χ4v) is 4.10. The van der Waals surface area contributed by atoms with Crippen LogP contribution in [0.15, 0.2) is 42.5 Å². The number of aromatic carboxylic acids is 1. The Kier molecular flexibility index (Phi) is 5.91. The van der Waals surface area contributed by atoms with Gasteiger partial charge >= 0.3 is 5.97 Å². The molecule has 160 valence electrons. The molecule has 0 saturated carbocycles. The Labute approximate surface area is 181 Å². The SMILES string of the molecule is CCOc1ccc(C=C2CN(CC)Cc3c2nc2ccccc2c3C(=O)O)cc1OC. The normalized spacial score (nSPS) is 15.1. The quantitative estimate of drug-likeness (QED) is 0.625. The van der Waals surface area contributed by atoms with E-state index in [1.807, 2.05) is 49.4 Å². The van der Waals surface area contributed by atoms with Crippen molar-refractivity contribution in [2.45, 2.75) is 20.4 Å². The van der Waals surface area contributed by atoms with E-state index in [4.69, 9.17) is 14.5 Å². The molecule has 0 atom stereocenters. The monoisotopic (exact) mass is 418 g/mol. The van der Waals surface area contributed by atoms with E-state index in [1.54, 1.807) is 7.11 Å². The van der Waals surface area contributed by atoms with Crippen molar-refractivity contribution < 1.29 is 19.4 Å². The topological polar surface area (TPSA) is 71.9 Å². The first-order valence-electron chi connectivity index (χ1n) is 10.4. The molecule has 4 rings (SSSR count). The third kappa shape index (κ3) is 3.99. The van der Waals surface area contributed by atoms with Crippen molar-refractivity contribution in [2.24, 2.45) is 0 Å². The molecule has 6 heteroatoms.